The summed E-state index contributed by atoms with van der Waals surface area (Å²) in [5.74, 6) is -6.77. The molecule has 21 nitrogen and oxygen atoms in total. The molecule has 12 N–H and O–H groups in total. The van der Waals surface area contributed by atoms with Gasteiger partial charge in [-0.15, -0.1) is 5.10 Å². The van der Waals surface area contributed by atoms with E-state index in [1.54, 1.807) is 30.9 Å². The number of amides is 8. The molecule has 2 aliphatic rings. The van der Waals surface area contributed by atoms with Crippen molar-refractivity contribution in [1.29, 1.82) is 0 Å². The molecule has 6 rings (SSSR count). The van der Waals surface area contributed by atoms with E-state index in [1.807, 2.05) is 55.5 Å². The quantitative estimate of drug-likeness (QED) is 0.0968. The van der Waals surface area contributed by atoms with Crippen LogP contribution in [0.1, 0.15) is 87.2 Å². The molecule has 3 unspecified atom stereocenters. The number of carbonyl (C=O) groups is 8. The zero-order valence-electron chi connectivity index (χ0n) is 38.0. The summed E-state index contributed by atoms with van der Waals surface area (Å²) >= 11 is 0. The first-order chi connectivity index (χ1) is 32.0. The molecule has 0 spiro atoms. The third kappa shape index (κ3) is 12.6. The maximum Gasteiger partial charge on any atom is 0.246 e. The van der Waals surface area contributed by atoms with Crippen LogP contribution in [0.3, 0.4) is 0 Å². The van der Waals surface area contributed by atoms with Crippen LogP contribution in [0.5, 0.6) is 0 Å². The minimum atomic E-state index is -1.57. The lowest BCUT2D eigenvalue weighted by Crippen LogP contribution is -2.60. The average Bonchev–Trinajstić information content (AvgIpc) is 4.06. The van der Waals surface area contributed by atoms with Gasteiger partial charge in [-0.3, -0.25) is 38.4 Å². The van der Waals surface area contributed by atoms with Crippen LogP contribution < -0.4 is 43.8 Å². The number of aryl methyl sites for hydroxylation is 1. The van der Waals surface area contributed by atoms with Crippen molar-refractivity contribution in [2.75, 3.05) is 13.1 Å². The number of primary amides is 2. The number of nitrogens with two attached hydrogens (primary N) is 3. The molecule has 0 saturated carbocycles. The van der Waals surface area contributed by atoms with Gasteiger partial charge >= 0.3 is 0 Å². The monoisotopic (exact) mass is 923 g/mol. The summed E-state index contributed by atoms with van der Waals surface area (Å²) in [7, 11) is 0. The smallest absolute Gasteiger partial charge is 0.246 e. The van der Waals surface area contributed by atoms with Gasteiger partial charge in [-0.1, -0.05) is 67.9 Å². The van der Waals surface area contributed by atoms with E-state index in [0.29, 0.717) is 36.9 Å². The van der Waals surface area contributed by atoms with E-state index < -0.39 is 108 Å². The first-order valence-corrected chi connectivity index (χ1v) is 22.6. The Balaban J connectivity index is 1.38. The van der Waals surface area contributed by atoms with Crippen LogP contribution >= 0.6 is 0 Å². The predicted octanol–water partition coefficient (Wildman–Crippen LogP) is -0.593. The van der Waals surface area contributed by atoms with E-state index in [0.717, 1.165) is 22.0 Å². The van der Waals surface area contributed by atoms with Crippen molar-refractivity contribution in [2.45, 2.75) is 121 Å². The molecule has 358 valence electrons. The number of hydrogen-bond donors (Lipinski definition) is 9. The number of hydrogen-bond acceptors (Lipinski definition) is 11. The molecule has 0 bridgehead atoms. The summed E-state index contributed by atoms with van der Waals surface area (Å²) in [6.07, 6.45) is 4.01. The Bertz CT molecular complexity index is 2470. The number of fused-ring (bicyclic) bond motifs is 2. The Morgan fingerprint density at radius 2 is 1.58 bits per heavy atom. The fourth-order valence-corrected chi connectivity index (χ4v) is 8.50. The molecule has 67 heavy (non-hydrogen) atoms. The lowest BCUT2D eigenvalue weighted by molar-refractivity contribution is -0.143. The van der Waals surface area contributed by atoms with Crippen LogP contribution in [-0.4, -0.2) is 121 Å². The number of rotatable bonds is 10. The second-order valence-corrected chi connectivity index (χ2v) is 17.5. The van der Waals surface area contributed by atoms with Crippen LogP contribution in [0.25, 0.3) is 10.9 Å². The van der Waals surface area contributed by atoms with Crippen molar-refractivity contribution in [3.63, 3.8) is 0 Å². The van der Waals surface area contributed by atoms with Crippen molar-refractivity contribution >= 4 is 58.2 Å². The Morgan fingerprint density at radius 1 is 0.866 bits per heavy atom. The van der Waals surface area contributed by atoms with Crippen LogP contribution in [0.4, 0.5) is 0 Å². The van der Waals surface area contributed by atoms with Gasteiger partial charge < -0.3 is 53.7 Å². The number of H-pyrrole nitrogens is 1. The van der Waals surface area contributed by atoms with Crippen molar-refractivity contribution < 1.29 is 38.4 Å². The number of nitrogens with one attached hydrogen (secondary N) is 6. The molecule has 4 heterocycles. The van der Waals surface area contributed by atoms with Gasteiger partial charge in [-0.05, 0) is 54.9 Å². The number of aromatic amines is 1. The molecule has 2 aliphatic heterocycles. The van der Waals surface area contributed by atoms with E-state index in [9.17, 15) is 33.6 Å². The number of aromatic nitrogens is 4. The maximum absolute atomic E-state index is 15.0. The Kier molecular flexibility index (Phi) is 16.4. The van der Waals surface area contributed by atoms with E-state index in [1.165, 1.54) is 4.90 Å². The number of nitrogens with zero attached hydrogens (tertiary/aromatic N) is 4. The molecule has 2 aromatic heterocycles. The van der Waals surface area contributed by atoms with Gasteiger partial charge in [0.25, 0.3) is 0 Å². The van der Waals surface area contributed by atoms with Crippen molar-refractivity contribution in [3.05, 3.63) is 83.3 Å². The minimum absolute atomic E-state index is 0.0187. The maximum atomic E-state index is 15.0. The summed E-state index contributed by atoms with van der Waals surface area (Å²) < 4.78 is 1.60. The second-order valence-electron chi connectivity index (χ2n) is 17.5. The lowest BCUT2D eigenvalue weighted by Gasteiger charge is -2.33. The SMILES string of the molecule is CC[C@H](C)[C@@H]1NC(=O)C(CC(N)=O)NC(=O)[C@@H](N)CC(=O)NCCCCC(C(N)=O)NC(=O)[C@H](Cc2c[nH]c3ccccc23)NC(=O)[C@@H]2CC(n3cc(Cc4ccccc4C)nn3)CN2C1=O. The first kappa shape index (κ1) is 49.3. The third-order valence-corrected chi connectivity index (χ3v) is 12.6. The second kappa shape index (κ2) is 22.4. The number of para-hydroxylation sites is 1. The van der Waals surface area contributed by atoms with Gasteiger partial charge in [-0.2, -0.15) is 0 Å². The average molecular weight is 924 g/mol. The molecule has 4 aromatic rings. The largest absolute Gasteiger partial charge is 0.370 e. The summed E-state index contributed by atoms with van der Waals surface area (Å²) in [4.78, 5) is 114. The standard InChI is InChI=1S/C46H61N13O8/c1-4-25(2)40-46(67)58-24-30(59-23-29(56-57-59)17-27-12-6-5-11-26(27)3)19-37(58)45(66)54-35(18-28-22-51-33-14-8-7-13-31(28)33)43(64)52-34(41(49)62)15-9-10-16-50-39(61)20-32(47)42(63)53-36(21-38(48)60)44(65)55-40/h5-8,11-14,22-23,25,30,32,34-37,40,51H,4,9-10,15-21,24,47H2,1-3H3,(H2,48,60)(H2,49,62)(H,50,61)(H,52,64)(H,53,63)(H,54,66)(H,55,65)/t25-,30?,32-,34?,35-,36?,37-,40-/m0/s1. The highest BCUT2D eigenvalue weighted by atomic mass is 16.2. The van der Waals surface area contributed by atoms with Crippen LogP contribution in [0.15, 0.2) is 60.9 Å². The summed E-state index contributed by atoms with van der Waals surface area (Å²) in [5.41, 5.74) is 21.6. The van der Waals surface area contributed by atoms with Crippen LogP contribution in [0.2, 0.25) is 0 Å². The van der Waals surface area contributed by atoms with Gasteiger partial charge in [0.1, 0.15) is 30.2 Å². The molecule has 2 fully saturated rings. The zero-order valence-corrected chi connectivity index (χ0v) is 38.0. The Labute approximate surface area is 387 Å². The Hall–Kier alpha value is -7.16. The molecule has 2 aromatic carbocycles. The van der Waals surface area contributed by atoms with Gasteiger partial charge in [0.2, 0.25) is 47.3 Å². The zero-order chi connectivity index (χ0) is 48.4. The highest BCUT2D eigenvalue weighted by Crippen LogP contribution is 2.30. The molecule has 21 heteroatoms. The van der Waals surface area contributed by atoms with Crippen molar-refractivity contribution in [1.82, 2.24) is 51.5 Å². The fourth-order valence-electron chi connectivity index (χ4n) is 8.50. The van der Waals surface area contributed by atoms with Crippen molar-refractivity contribution in [3.8, 4) is 0 Å². The minimum Gasteiger partial charge on any atom is -0.370 e. The molecular weight excluding hydrogens is 863 g/mol. The fraction of sp³-hybridized carbons (Fsp3) is 0.478. The molecule has 0 radical (unpaired) electrons. The van der Waals surface area contributed by atoms with Crippen LogP contribution in [-0.2, 0) is 51.2 Å². The molecule has 8 atom stereocenters. The van der Waals surface area contributed by atoms with Crippen LogP contribution in [0, 0.1) is 12.8 Å². The van der Waals surface area contributed by atoms with Gasteiger partial charge in [0, 0.05) is 55.6 Å². The number of benzene rings is 2. The first-order valence-electron chi connectivity index (χ1n) is 22.6. The normalized spacial score (nSPS) is 24.7. The molecular formula is C46H61N13O8. The highest BCUT2D eigenvalue weighted by Gasteiger charge is 2.45. The Morgan fingerprint density at radius 3 is 2.31 bits per heavy atom. The molecule has 0 aliphatic carbocycles. The summed E-state index contributed by atoms with van der Waals surface area (Å²) in [6, 6.07) is 6.75. The summed E-state index contributed by atoms with van der Waals surface area (Å²) in [6.45, 7) is 5.59. The van der Waals surface area contributed by atoms with E-state index in [2.05, 4.69) is 41.9 Å². The predicted molar refractivity (Wildman–Crippen MR) is 245 cm³/mol. The molecule has 2 saturated heterocycles. The van der Waals surface area contributed by atoms with Crippen molar-refractivity contribution in [2.24, 2.45) is 23.1 Å². The summed E-state index contributed by atoms with van der Waals surface area (Å²) in [5, 5.41) is 23.0. The molecule has 8 amide bonds. The topological polar surface area (TPSA) is 325 Å². The highest BCUT2D eigenvalue weighted by molar-refractivity contribution is 5.99. The van der Waals surface area contributed by atoms with Gasteiger partial charge in [-0.25, -0.2) is 4.68 Å². The van der Waals surface area contributed by atoms with E-state index in [4.69, 9.17) is 17.2 Å². The lowest BCUT2D eigenvalue weighted by atomic mass is 9.96. The third-order valence-electron chi connectivity index (χ3n) is 12.6. The number of carbonyl (C=O) groups excluding carboxylic acids is 8. The van der Waals surface area contributed by atoms with Gasteiger partial charge in [0.15, 0.2) is 0 Å². The van der Waals surface area contributed by atoms with Gasteiger partial charge in [0.05, 0.1) is 30.6 Å². The van der Waals surface area contributed by atoms with E-state index in [-0.39, 0.29) is 32.4 Å². The van der Waals surface area contributed by atoms with E-state index >= 15 is 4.79 Å².